The average molecular weight is 438 g/mol. The Balaban J connectivity index is 1.58. The Bertz CT molecular complexity index is 1050. The van der Waals surface area contributed by atoms with Crippen LogP contribution in [0.4, 0.5) is 5.00 Å². The minimum Gasteiger partial charge on any atom is -0.378 e. The number of benzene rings is 1. The van der Waals surface area contributed by atoms with E-state index in [9.17, 15) is 9.59 Å². The maximum Gasteiger partial charge on any atom is 0.249 e. The molecule has 3 aliphatic rings. The molecule has 0 spiro atoms. The number of ether oxygens (including phenoxy) is 1. The van der Waals surface area contributed by atoms with Crippen molar-refractivity contribution in [3.8, 4) is 0 Å². The fourth-order valence-electron chi connectivity index (χ4n) is 4.68. The van der Waals surface area contributed by atoms with E-state index in [0.29, 0.717) is 26.3 Å². The molecule has 0 atom stereocenters. The predicted molar refractivity (Wildman–Crippen MR) is 122 cm³/mol. The summed E-state index contributed by atoms with van der Waals surface area (Å²) in [5.41, 5.74) is 5.53. The number of fused-ring (bicyclic) bond motifs is 3. The number of nitrogens with zero attached hydrogens (tertiary/aromatic N) is 3. The monoisotopic (exact) mass is 437 g/mol. The largest absolute Gasteiger partial charge is 0.378 e. The highest BCUT2D eigenvalue weighted by Crippen LogP contribution is 2.43. The Morgan fingerprint density at radius 1 is 1.16 bits per heavy atom. The van der Waals surface area contributed by atoms with E-state index < -0.39 is 0 Å². The summed E-state index contributed by atoms with van der Waals surface area (Å²) >= 11 is 1.68. The minimum absolute atomic E-state index is 0.0201. The third kappa shape index (κ3) is 3.81. The fourth-order valence-corrected chi connectivity index (χ4v) is 6.08. The van der Waals surface area contributed by atoms with Gasteiger partial charge in [-0.15, -0.1) is 11.3 Å². The van der Waals surface area contributed by atoms with E-state index in [2.05, 4.69) is 19.1 Å². The summed E-state index contributed by atoms with van der Waals surface area (Å²) in [4.78, 5) is 35.9. The van der Waals surface area contributed by atoms with Crippen LogP contribution in [0.5, 0.6) is 0 Å². The zero-order chi connectivity index (χ0) is 21.4. The van der Waals surface area contributed by atoms with E-state index in [1.54, 1.807) is 21.1 Å². The molecule has 1 saturated heterocycles. The van der Waals surface area contributed by atoms with Gasteiger partial charge < -0.3 is 9.64 Å². The number of hydrogen-bond donors (Lipinski definition) is 0. The lowest BCUT2D eigenvalue weighted by molar-refractivity contribution is -0.134. The second-order valence-corrected chi connectivity index (χ2v) is 9.43. The molecule has 0 bridgehead atoms. The highest BCUT2D eigenvalue weighted by molar-refractivity contribution is 7.17. The molecule has 2 aromatic rings. The van der Waals surface area contributed by atoms with Gasteiger partial charge in [0.2, 0.25) is 11.8 Å². The maximum absolute atomic E-state index is 13.2. The van der Waals surface area contributed by atoms with Crippen molar-refractivity contribution < 1.29 is 14.3 Å². The zero-order valence-corrected chi connectivity index (χ0v) is 18.7. The molecule has 0 saturated carbocycles. The normalized spacial score (nSPS) is 18.9. The Morgan fingerprint density at radius 3 is 2.74 bits per heavy atom. The Labute approximate surface area is 186 Å². The third-order valence-electron chi connectivity index (χ3n) is 6.37. The number of hydrogen-bond acceptors (Lipinski definition) is 5. The topological polar surface area (TPSA) is 62.2 Å². The number of morpholine rings is 1. The molecule has 7 heteroatoms. The van der Waals surface area contributed by atoms with E-state index in [1.165, 1.54) is 16.9 Å². The molecule has 5 rings (SSSR count). The number of carbonyl (C=O) groups is 2. The van der Waals surface area contributed by atoms with Gasteiger partial charge in [0, 0.05) is 29.1 Å². The van der Waals surface area contributed by atoms with Gasteiger partial charge in [-0.3, -0.25) is 19.5 Å². The van der Waals surface area contributed by atoms with Gasteiger partial charge in [-0.25, -0.2) is 0 Å². The molecule has 0 radical (unpaired) electrons. The van der Waals surface area contributed by atoms with Crippen molar-refractivity contribution in [3.63, 3.8) is 0 Å². The van der Waals surface area contributed by atoms with Crippen LogP contribution in [-0.4, -0.2) is 61.8 Å². The summed E-state index contributed by atoms with van der Waals surface area (Å²) in [5.74, 6) is -0.127. The molecule has 2 aliphatic heterocycles. The van der Waals surface area contributed by atoms with Crippen molar-refractivity contribution >= 4 is 33.9 Å². The standard InChI is InChI=1S/C24H27N3O3S/c1-16-6-2-3-7-17(16)23-22-18-8-4-5-9-19(18)31-24(22)27(20(28)14-25-23)15-21(29)26-10-12-30-13-11-26/h2-3,6-7H,4-5,8-15H2,1H3. The molecule has 0 N–H and O–H groups in total. The van der Waals surface area contributed by atoms with Gasteiger partial charge in [0.1, 0.15) is 18.1 Å². The van der Waals surface area contributed by atoms with Crippen molar-refractivity contribution in [2.75, 3.05) is 44.3 Å². The first-order valence-corrected chi connectivity index (χ1v) is 11.9. The van der Waals surface area contributed by atoms with E-state index in [4.69, 9.17) is 9.73 Å². The quantitative estimate of drug-likeness (QED) is 0.742. The molecule has 0 unspecified atom stereocenters. The SMILES string of the molecule is Cc1ccccc1C1=NCC(=O)N(CC(=O)N2CCOCC2)c2sc3c(c21)CCCC3. The molecule has 31 heavy (non-hydrogen) atoms. The van der Waals surface area contributed by atoms with E-state index in [0.717, 1.165) is 46.7 Å². The second kappa shape index (κ2) is 8.55. The van der Waals surface area contributed by atoms with Crippen LogP contribution in [0.15, 0.2) is 29.3 Å². The van der Waals surface area contributed by atoms with Crippen LogP contribution < -0.4 is 4.90 Å². The number of aliphatic imine (C=N–C) groups is 1. The zero-order valence-electron chi connectivity index (χ0n) is 17.9. The molecule has 2 amide bonds. The van der Waals surface area contributed by atoms with Crippen molar-refractivity contribution in [1.82, 2.24) is 4.90 Å². The number of amides is 2. The van der Waals surface area contributed by atoms with E-state index in [-0.39, 0.29) is 24.9 Å². The lowest BCUT2D eigenvalue weighted by Crippen LogP contribution is -2.47. The third-order valence-corrected chi connectivity index (χ3v) is 7.68. The van der Waals surface area contributed by atoms with Crippen molar-refractivity contribution in [2.24, 2.45) is 4.99 Å². The van der Waals surface area contributed by atoms with Crippen LogP contribution in [0.3, 0.4) is 0 Å². The van der Waals surface area contributed by atoms with Gasteiger partial charge in [0.05, 0.1) is 18.9 Å². The Morgan fingerprint density at radius 2 is 1.94 bits per heavy atom. The summed E-state index contributed by atoms with van der Waals surface area (Å²) < 4.78 is 5.38. The lowest BCUT2D eigenvalue weighted by Gasteiger charge is -2.29. The van der Waals surface area contributed by atoms with Crippen LogP contribution in [-0.2, 0) is 27.2 Å². The van der Waals surface area contributed by atoms with Crippen LogP contribution in [0, 0.1) is 6.92 Å². The molecular weight excluding hydrogens is 410 g/mol. The number of rotatable bonds is 3. The maximum atomic E-state index is 13.2. The smallest absolute Gasteiger partial charge is 0.249 e. The molecule has 1 aliphatic carbocycles. The summed E-state index contributed by atoms with van der Waals surface area (Å²) in [5, 5.41) is 0.901. The lowest BCUT2D eigenvalue weighted by atomic mass is 9.90. The number of carbonyl (C=O) groups excluding carboxylic acids is 2. The van der Waals surface area contributed by atoms with Gasteiger partial charge in [-0.1, -0.05) is 24.3 Å². The molecule has 1 aromatic heterocycles. The van der Waals surface area contributed by atoms with Gasteiger partial charge in [0.25, 0.3) is 0 Å². The summed E-state index contributed by atoms with van der Waals surface area (Å²) in [6.07, 6.45) is 4.36. The van der Waals surface area contributed by atoms with Crippen molar-refractivity contribution in [2.45, 2.75) is 32.6 Å². The number of thiophene rings is 1. The van der Waals surface area contributed by atoms with Gasteiger partial charge in [-0.2, -0.15) is 0 Å². The van der Waals surface area contributed by atoms with Gasteiger partial charge in [-0.05, 0) is 43.7 Å². The van der Waals surface area contributed by atoms with Crippen LogP contribution >= 0.6 is 11.3 Å². The van der Waals surface area contributed by atoms with Gasteiger partial charge >= 0.3 is 0 Å². The van der Waals surface area contributed by atoms with E-state index >= 15 is 0 Å². The van der Waals surface area contributed by atoms with Crippen molar-refractivity contribution in [3.05, 3.63) is 51.4 Å². The summed E-state index contributed by atoms with van der Waals surface area (Å²) in [6.45, 7) is 4.50. The first-order chi connectivity index (χ1) is 15.1. The Hall–Kier alpha value is -2.51. The molecule has 162 valence electrons. The summed E-state index contributed by atoms with van der Waals surface area (Å²) in [7, 11) is 0. The highest BCUT2D eigenvalue weighted by Gasteiger charge is 2.34. The summed E-state index contributed by atoms with van der Waals surface area (Å²) in [6, 6.07) is 8.22. The van der Waals surface area contributed by atoms with Crippen molar-refractivity contribution in [1.29, 1.82) is 0 Å². The molecule has 1 aromatic carbocycles. The first kappa shape index (κ1) is 20.4. The predicted octanol–water partition coefficient (Wildman–Crippen LogP) is 2.98. The van der Waals surface area contributed by atoms with E-state index in [1.807, 2.05) is 12.1 Å². The Kier molecular flexibility index (Phi) is 5.63. The van der Waals surface area contributed by atoms with Gasteiger partial charge in [0.15, 0.2) is 0 Å². The molecule has 3 heterocycles. The molecular formula is C24H27N3O3S. The number of aryl methyl sites for hydroxylation is 2. The molecule has 1 fully saturated rings. The van der Waals surface area contributed by atoms with Crippen LogP contribution in [0.25, 0.3) is 0 Å². The fraction of sp³-hybridized carbons (Fsp3) is 0.458. The second-order valence-electron chi connectivity index (χ2n) is 8.34. The minimum atomic E-state index is -0.106. The van der Waals surface area contributed by atoms with Crippen LogP contribution in [0.1, 0.15) is 40.0 Å². The molecule has 6 nitrogen and oxygen atoms in total. The highest BCUT2D eigenvalue weighted by atomic mass is 32.1. The first-order valence-electron chi connectivity index (χ1n) is 11.0. The average Bonchev–Trinajstić information content (AvgIpc) is 3.12. The number of anilines is 1. The van der Waals surface area contributed by atoms with Crippen LogP contribution in [0.2, 0.25) is 0 Å².